The minimum Gasteiger partial charge on any atom is -0.480 e. The van der Waals surface area contributed by atoms with Gasteiger partial charge in [-0.15, -0.1) is 0 Å². The molecule has 0 aromatic carbocycles. The molecule has 0 rings (SSSR count). The SMILES string of the molecule is NCCC[C@H](N)C(=O)O.NCCC[C@H](N)C(=O)O.NCCC[C@H](N)C(=O)O. The Kier molecular flexibility index (Phi) is 22.7. The predicted octanol–water partition coefficient (Wildman–Crippen LogP) is -2.59. The van der Waals surface area contributed by atoms with E-state index in [2.05, 4.69) is 0 Å². The first-order valence-electron chi connectivity index (χ1n) is 8.60. The number of nitrogens with two attached hydrogens (primary N) is 6. The molecule has 12 nitrogen and oxygen atoms in total. The van der Waals surface area contributed by atoms with Gasteiger partial charge in [-0.05, 0) is 58.2 Å². The molecular formula is C15H36N6O6. The van der Waals surface area contributed by atoms with E-state index in [1.165, 1.54) is 0 Å². The maximum Gasteiger partial charge on any atom is 0.320 e. The van der Waals surface area contributed by atoms with Crippen molar-refractivity contribution in [3.8, 4) is 0 Å². The average Bonchev–Trinajstić information content (AvgIpc) is 2.62. The van der Waals surface area contributed by atoms with Gasteiger partial charge in [-0.2, -0.15) is 0 Å². The zero-order chi connectivity index (χ0) is 21.8. The lowest BCUT2D eigenvalue weighted by molar-refractivity contribution is -0.139. The van der Waals surface area contributed by atoms with Crippen molar-refractivity contribution in [1.82, 2.24) is 0 Å². The molecule has 0 saturated carbocycles. The summed E-state index contributed by atoms with van der Waals surface area (Å²) >= 11 is 0. The van der Waals surface area contributed by atoms with Gasteiger partial charge in [0, 0.05) is 0 Å². The van der Waals surface area contributed by atoms with E-state index in [9.17, 15) is 14.4 Å². The largest absolute Gasteiger partial charge is 0.480 e. The molecule has 0 bridgehead atoms. The Morgan fingerprint density at radius 2 is 0.741 bits per heavy atom. The average molecular weight is 396 g/mol. The van der Waals surface area contributed by atoms with Crippen LogP contribution < -0.4 is 34.4 Å². The van der Waals surface area contributed by atoms with Crippen LogP contribution in [0.1, 0.15) is 38.5 Å². The van der Waals surface area contributed by atoms with Crippen LogP contribution in [0.3, 0.4) is 0 Å². The fourth-order valence-electron chi connectivity index (χ4n) is 1.38. The fraction of sp³-hybridized carbons (Fsp3) is 0.800. The predicted molar refractivity (Wildman–Crippen MR) is 102 cm³/mol. The molecule has 0 aromatic heterocycles. The second kappa shape index (κ2) is 20.5. The molecule has 12 heteroatoms. The van der Waals surface area contributed by atoms with E-state index in [1.54, 1.807) is 0 Å². The number of aliphatic carboxylic acids is 3. The van der Waals surface area contributed by atoms with Crippen molar-refractivity contribution < 1.29 is 29.7 Å². The van der Waals surface area contributed by atoms with Gasteiger partial charge in [-0.3, -0.25) is 14.4 Å². The molecule has 0 spiro atoms. The quantitative estimate of drug-likeness (QED) is 0.164. The van der Waals surface area contributed by atoms with Gasteiger partial charge in [0.1, 0.15) is 18.1 Å². The minimum atomic E-state index is -0.955. The van der Waals surface area contributed by atoms with Gasteiger partial charge in [0.15, 0.2) is 0 Å². The summed E-state index contributed by atoms with van der Waals surface area (Å²) in [6.45, 7) is 1.50. The summed E-state index contributed by atoms with van der Waals surface area (Å²) in [7, 11) is 0. The summed E-state index contributed by atoms with van der Waals surface area (Å²) in [6, 6.07) is -2.23. The van der Waals surface area contributed by atoms with Crippen molar-refractivity contribution in [2.75, 3.05) is 19.6 Å². The highest BCUT2D eigenvalue weighted by Gasteiger charge is 2.10. The molecule has 15 N–H and O–H groups in total. The molecule has 0 amide bonds. The Labute approximate surface area is 159 Å². The molecule has 0 fully saturated rings. The van der Waals surface area contributed by atoms with Gasteiger partial charge in [0.2, 0.25) is 0 Å². The van der Waals surface area contributed by atoms with E-state index in [1.807, 2.05) is 0 Å². The second-order valence-electron chi connectivity index (χ2n) is 5.63. The van der Waals surface area contributed by atoms with E-state index < -0.39 is 36.0 Å². The number of carbonyl (C=O) groups is 3. The lowest BCUT2D eigenvalue weighted by Gasteiger charge is -2.02. The summed E-state index contributed by atoms with van der Waals surface area (Å²) in [5, 5.41) is 24.7. The van der Waals surface area contributed by atoms with Gasteiger partial charge in [0.05, 0.1) is 0 Å². The first-order chi connectivity index (χ1) is 12.5. The van der Waals surface area contributed by atoms with Crippen LogP contribution in [-0.2, 0) is 14.4 Å². The van der Waals surface area contributed by atoms with Gasteiger partial charge in [0.25, 0.3) is 0 Å². The minimum absolute atomic E-state index is 0.464. The Morgan fingerprint density at radius 3 is 0.852 bits per heavy atom. The van der Waals surface area contributed by atoms with E-state index in [4.69, 9.17) is 49.7 Å². The Bertz CT molecular complexity index is 342. The topological polar surface area (TPSA) is 268 Å². The third-order valence-corrected chi connectivity index (χ3v) is 3.11. The van der Waals surface area contributed by atoms with Gasteiger partial charge < -0.3 is 49.7 Å². The number of hydrogen-bond donors (Lipinski definition) is 9. The van der Waals surface area contributed by atoms with Gasteiger partial charge in [-0.1, -0.05) is 0 Å². The van der Waals surface area contributed by atoms with Crippen LogP contribution in [0, 0.1) is 0 Å². The smallest absolute Gasteiger partial charge is 0.320 e. The van der Waals surface area contributed by atoms with Crippen molar-refractivity contribution >= 4 is 17.9 Å². The fourth-order valence-corrected chi connectivity index (χ4v) is 1.38. The molecule has 27 heavy (non-hydrogen) atoms. The molecular weight excluding hydrogens is 360 g/mol. The summed E-state index contributed by atoms with van der Waals surface area (Å²) < 4.78 is 0. The van der Waals surface area contributed by atoms with E-state index in [-0.39, 0.29) is 0 Å². The summed E-state index contributed by atoms with van der Waals surface area (Å²) in [5.41, 5.74) is 30.8. The Balaban J connectivity index is -0.000000320. The second-order valence-corrected chi connectivity index (χ2v) is 5.63. The number of rotatable bonds is 12. The lowest BCUT2D eigenvalue weighted by atomic mass is 10.2. The molecule has 0 radical (unpaired) electrons. The maximum absolute atomic E-state index is 10.0. The third kappa shape index (κ3) is 24.2. The molecule has 162 valence electrons. The summed E-state index contributed by atoms with van der Waals surface area (Å²) in [4.78, 5) is 30.1. The van der Waals surface area contributed by atoms with E-state index in [0.717, 1.165) is 0 Å². The zero-order valence-corrected chi connectivity index (χ0v) is 15.6. The van der Waals surface area contributed by atoms with Crippen LogP contribution in [-0.4, -0.2) is 71.0 Å². The molecule has 0 aromatic rings. The monoisotopic (exact) mass is 396 g/mol. The van der Waals surface area contributed by atoms with Crippen LogP contribution in [0.25, 0.3) is 0 Å². The lowest BCUT2D eigenvalue weighted by Crippen LogP contribution is -2.30. The van der Waals surface area contributed by atoms with Crippen molar-refractivity contribution in [1.29, 1.82) is 0 Å². The summed E-state index contributed by atoms with van der Waals surface area (Å²) in [5.74, 6) is -2.87. The molecule has 0 saturated heterocycles. The molecule has 0 aliphatic carbocycles. The van der Waals surface area contributed by atoms with Crippen molar-refractivity contribution in [2.24, 2.45) is 34.4 Å². The van der Waals surface area contributed by atoms with Crippen LogP contribution in [0.15, 0.2) is 0 Å². The molecule has 0 unspecified atom stereocenters. The van der Waals surface area contributed by atoms with Crippen LogP contribution in [0.2, 0.25) is 0 Å². The molecule has 3 atom stereocenters. The number of carboxylic acid groups (broad SMARTS) is 3. The summed E-state index contributed by atoms with van der Waals surface area (Å²) in [6.07, 6.45) is 3.41. The first kappa shape index (κ1) is 29.9. The highest BCUT2D eigenvalue weighted by molar-refractivity contribution is 5.73. The van der Waals surface area contributed by atoms with Crippen molar-refractivity contribution in [3.05, 3.63) is 0 Å². The normalized spacial score (nSPS) is 13.1. The van der Waals surface area contributed by atoms with Crippen molar-refractivity contribution in [3.63, 3.8) is 0 Å². The zero-order valence-electron chi connectivity index (χ0n) is 15.6. The molecule has 0 heterocycles. The highest BCUT2D eigenvalue weighted by atomic mass is 16.4. The Morgan fingerprint density at radius 1 is 0.556 bits per heavy atom. The van der Waals surface area contributed by atoms with E-state index >= 15 is 0 Å². The first-order valence-corrected chi connectivity index (χ1v) is 8.60. The van der Waals surface area contributed by atoms with Crippen LogP contribution in [0.5, 0.6) is 0 Å². The van der Waals surface area contributed by atoms with Gasteiger partial charge in [-0.25, -0.2) is 0 Å². The number of hydrogen-bond acceptors (Lipinski definition) is 9. The number of carboxylic acids is 3. The Hall–Kier alpha value is -1.83. The van der Waals surface area contributed by atoms with Gasteiger partial charge >= 0.3 is 17.9 Å². The molecule has 0 aliphatic rings. The third-order valence-electron chi connectivity index (χ3n) is 3.11. The van der Waals surface area contributed by atoms with Crippen molar-refractivity contribution in [2.45, 2.75) is 56.7 Å². The van der Waals surface area contributed by atoms with Crippen LogP contribution >= 0.6 is 0 Å². The highest BCUT2D eigenvalue weighted by Crippen LogP contribution is 1.92. The maximum atomic E-state index is 10.0. The van der Waals surface area contributed by atoms with E-state index in [0.29, 0.717) is 58.2 Å². The standard InChI is InChI=1S/3C5H12N2O2/c3*6-3-1-2-4(7)5(8)9/h3*4H,1-3,6-7H2,(H,8,9)/t3*4-/m000/s1. The molecule has 0 aliphatic heterocycles. The van der Waals surface area contributed by atoms with Crippen LogP contribution in [0.4, 0.5) is 0 Å².